The predicted molar refractivity (Wildman–Crippen MR) is 117 cm³/mol. The number of amides is 2. The Morgan fingerprint density at radius 3 is 2.35 bits per heavy atom. The van der Waals surface area contributed by atoms with Crippen molar-refractivity contribution in [3.63, 3.8) is 0 Å². The Bertz CT molecular complexity index is 1020. The molecule has 0 spiro atoms. The molecule has 1 fully saturated rings. The van der Waals surface area contributed by atoms with Crippen molar-refractivity contribution in [1.82, 2.24) is 20.4 Å². The Labute approximate surface area is 180 Å². The minimum absolute atomic E-state index is 0.0172. The SMILES string of the molecule is CCc1nc(-c2ccc(C(=O)NCC(=O)N3CCN(c4ccccc4)CC3)cc2)no1. The lowest BCUT2D eigenvalue weighted by atomic mass is 10.1. The van der Waals surface area contributed by atoms with Crippen molar-refractivity contribution in [1.29, 1.82) is 0 Å². The van der Waals surface area contributed by atoms with E-state index in [-0.39, 0.29) is 18.4 Å². The molecule has 0 saturated carbocycles. The van der Waals surface area contributed by atoms with Gasteiger partial charge >= 0.3 is 0 Å². The van der Waals surface area contributed by atoms with Crippen LogP contribution in [0.25, 0.3) is 11.4 Å². The molecule has 4 rings (SSSR count). The van der Waals surface area contributed by atoms with Gasteiger partial charge in [0.25, 0.3) is 5.91 Å². The monoisotopic (exact) mass is 419 g/mol. The molecule has 0 atom stereocenters. The summed E-state index contributed by atoms with van der Waals surface area (Å²) in [7, 11) is 0. The van der Waals surface area contributed by atoms with Crippen molar-refractivity contribution in [2.75, 3.05) is 37.6 Å². The van der Waals surface area contributed by atoms with Gasteiger partial charge in [-0.15, -0.1) is 0 Å². The molecule has 2 aromatic carbocycles. The normalized spacial score (nSPS) is 13.8. The summed E-state index contributed by atoms with van der Waals surface area (Å²) in [5.41, 5.74) is 2.41. The molecule has 8 nitrogen and oxygen atoms in total. The maximum absolute atomic E-state index is 12.5. The summed E-state index contributed by atoms with van der Waals surface area (Å²) in [6.45, 7) is 4.76. The molecular formula is C23H25N5O3. The molecule has 1 N–H and O–H groups in total. The first kappa shape index (κ1) is 20.6. The second kappa shape index (κ2) is 9.42. The van der Waals surface area contributed by atoms with E-state index in [1.807, 2.05) is 25.1 Å². The molecule has 1 aliphatic rings. The van der Waals surface area contributed by atoms with Gasteiger partial charge in [-0.1, -0.05) is 42.4 Å². The van der Waals surface area contributed by atoms with Crippen molar-refractivity contribution >= 4 is 17.5 Å². The summed E-state index contributed by atoms with van der Waals surface area (Å²) in [5, 5.41) is 6.65. The standard InChI is InChI=1S/C23H25N5O3/c1-2-20-25-22(26-31-20)17-8-10-18(11-9-17)23(30)24-16-21(29)28-14-12-27(13-15-28)19-6-4-3-5-7-19/h3-11H,2,12-16H2,1H3,(H,24,30). The van der Waals surface area contributed by atoms with Gasteiger partial charge in [0, 0.05) is 49.4 Å². The van der Waals surface area contributed by atoms with Crippen LogP contribution in [0.3, 0.4) is 0 Å². The number of carbonyl (C=O) groups excluding carboxylic acids is 2. The van der Waals surface area contributed by atoms with E-state index in [0.29, 0.717) is 36.8 Å². The number of para-hydroxylation sites is 1. The Morgan fingerprint density at radius 1 is 1.00 bits per heavy atom. The number of piperazine rings is 1. The van der Waals surface area contributed by atoms with Crippen LogP contribution in [-0.4, -0.2) is 59.6 Å². The van der Waals surface area contributed by atoms with E-state index in [2.05, 4.69) is 32.5 Å². The zero-order chi connectivity index (χ0) is 21.6. The minimum Gasteiger partial charge on any atom is -0.368 e. The first-order valence-corrected chi connectivity index (χ1v) is 10.4. The molecule has 0 radical (unpaired) electrons. The third kappa shape index (κ3) is 4.91. The highest BCUT2D eigenvalue weighted by molar-refractivity contribution is 5.96. The summed E-state index contributed by atoms with van der Waals surface area (Å²) >= 11 is 0. The molecule has 2 amide bonds. The summed E-state index contributed by atoms with van der Waals surface area (Å²) in [6.07, 6.45) is 0.669. The van der Waals surface area contributed by atoms with E-state index in [0.717, 1.165) is 24.3 Å². The van der Waals surface area contributed by atoms with E-state index < -0.39 is 0 Å². The molecule has 0 bridgehead atoms. The van der Waals surface area contributed by atoms with E-state index in [4.69, 9.17) is 4.52 Å². The van der Waals surface area contributed by atoms with Crippen LogP contribution in [0.5, 0.6) is 0 Å². The fraction of sp³-hybridized carbons (Fsp3) is 0.304. The molecule has 2 heterocycles. The van der Waals surface area contributed by atoms with Crippen LogP contribution in [0, 0.1) is 0 Å². The molecule has 0 unspecified atom stereocenters. The number of benzene rings is 2. The predicted octanol–water partition coefficient (Wildman–Crippen LogP) is 2.38. The van der Waals surface area contributed by atoms with Crippen LogP contribution in [0.15, 0.2) is 59.1 Å². The number of aryl methyl sites for hydroxylation is 1. The molecule has 0 aliphatic carbocycles. The van der Waals surface area contributed by atoms with Gasteiger partial charge in [0.05, 0.1) is 6.54 Å². The highest BCUT2D eigenvalue weighted by Gasteiger charge is 2.21. The fourth-order valence-electron chi connectivity index (χ4n) is 3.51. The van der Waals surface area contributed by atoms with Crippen molar-refractivity contribution < 1.29 is 14.1 Å². The van der Waals surface area contributed by atoms with Crippen LogP contribution in [0.1, 0.15) is 23.2 Å². The van der Waals surface area contributed by atoms with Crippen LogP contribution in [0.2, 0.25) is 0 Å². The van der Waals surface area contributed by atoms with E-state index >= 15 is 0 Å². The Hall–Kier alpha value is -3.68. The Kier molecular flexibility index (Phi) is 6.26. The van der Waals surface area contributed by atoms with Crippen molar-refractivity contribution in [2.24, 2.45) is 0 Å². The van der Waals surface area contributed by atoms with Gasteiger partial charge in [-0.25, -0.2) is 0 Å². The zero-order valence-electron chi connectivity index (χ0n) is 17.5. The maximum atomic E-state index is 12.5. The number of nitrogens with zero attached hydrogens (tertiary/aromatic N) is 4. The molecule has 8 heteroatoms. The zero-order valence-corrected chi connectivity index (χ0v) is 17.5. The molecule has 1 aliphatic heterocycles. The Balaban J connectivity index is 1.26. The number of anilines is 1. The largest absolute Gasteiger partial charge is 0.368 e. The van der Waals surface area contributed by atoms with Gasteiger partial charge < -0.3 is 19.6 Å². The molecular weight excluding hydrogens is 394 g/mol. The molecule has 1 aromatic heterocycles. The lowest BCUT2D eigenvalue weighted by molar-refractivity contribution is -0.130. The topological polar surface area (TPSA) is 91.6 Å². The second-order valence-corrected chi connectivity index (χ2v) is 7.33. The van der Waals surface area contributed by atoms with Gasteiger partial charge in [0.15, 0.2) is 0 Å². The summed E-state index contributed by atoms with van der Waals surface area (Å²) in [4.78, 5) is 33.3. The lowest BCUT2D eigenvalue weighted by Gasteiger charge is -2.36. The van der Waals surface area contributed by atoms with Gasteiger partial charge in [0.1, 0.15) is 0 Å². The van der Waals surface area contributed by atoms with Gasteiger partial charge in [-0.2, -0.15) is 4.98 Å². The summed E-state index contributed by atoms with van der Waals surface area (Å²) in [5.74, 6) is 0.704. The number of carbonyl (C=O) groups is 2. The van der Waals surface area contributed by atoms with Crippen molar-refractivity contribution in [3.05, 3.63) is 66.1 Å². The van der Waals surface area contributed by atoms with Crippen molar-refractivity contribution in [2.45, 2.75) is 13.3 Å². The number of hydrogen-bond donors (Lipinski definition) is 1. The maximum Gasteiger partial charge on any atom is 0.251 e. The van der Waals surface area contributed by atoms with Gasteiger partial charge in [-0.05, 0) is 24.3 Å². The van der Waals surface area contributed by atoms with Crippen LogP contribution >= 0.6 is 0 Å². The quantitative estimate of drug-likeness (QED) is 0.660. The lowest BCUT2D eigenvalue weighted by Crippen LogP contribution is -2.51. The van der Waals surface area contributed by atoms with E-state index in [9.17, 15) is 9.59 Å². The molecule has 1 saturated heterocycles. The minimum atomic E-state index is -0.287. The molecule has 3 aromatic rings. The Morgan fingerprint density at radius 2 is 1.71 bits per heavy atom. The van der Waals surface area contributed by atoms with E-state index in [1.54, 1.807) is 29.2 Å². The van der Waals surface area contributed by atoms with Crippen molar-refractivity contribution in [3.8, 4) is 11.4 Å². The summed E-state index contributed by atoms with van der Waals surface area (Å²) in [6, 6.07) is 17.1. The summed E-state index contributed by atoms with van der Waals surface area (Å²) < 4.78 is 5.11. The van der Waals surface area contributed by atoms with Crippen LogP contribution in [0.4, 0.5) is 5.69 Å². The number of rotatable bonds is 6. The van der Waals surface area contributed by atoms with Gasteiger partial charge in [-0.3, -0.25) is 9.59 Å². The molecule has 160 valence electrons. The van der Waals surface area contributed by atoms with Crippen LogP contribution < -0.4 is 10.2 Å². The number of hydrogen-bond acceptors (Lipinski definition) is 6. The smallest absolute Gasteiger partial charge is 0.251 e. The third-order valence-corrected chi connectivity index (χ3v) is 5.33. The fourth-order valence-corrected chi connectivity index (χ4v) is 3.51. The average Bonchev–Trinajstić information content (AvgIpc) is 3.32. The van der Waals surface area contributed by atoms with Gasteiger partial charge in [0.2, 0.25) is 17.6 Å². The first-order chi connectivity index (χ1) is 15.1. The number of nitrogens with one attached hydrogen (secondary N) is 1. The molecule has 31 heavy (non-hydrogen) atoms. The van der Waals surface area contributed by atoms with Crippen LogP contribution in [-0.2, 0) is 11.2 Å². The highest BCUT2D eigenvalue weighted by Crippen LogP contribution is 2.17. The highest BCUT2D eigenvalue weighted by atomic mass is 16.5. The third-order valence-electron chi connectivity index (χ3n) is 5.33. The second-order valence-electron chi connectivity index (χ2n) is 7.33. The first-order valence-electron chi connectivity index (χ1n) is 10.4. The average molecular weight is 419 g/mol. The van der Waals surface area contributed by atoms with E-state index in [1.165, 1.54) is 0 Å². The number of aromatic nitrogens is 2.